The number of quaternary nitrogens is 1. The molecule has 0 aliphatic heterocycles. The normalized spacial score (nSPS) is 11.2. The van der Waals surface area contributed by atoms with Crippen molar-refractivity contribution in [2.75, 3.05) is 41.3 Å². The number of carbonyl (C=O) groups excluding carboxylic acids is 1. The van der Waals surface area contributed by atoms with E-state index in [1.165, 1.54) is 4.90 Å². The van der Waals surface area contributed by atoms with Crippen molar-refractivity contribution < 1.29 is 14.6 Å². The van der Waals surface area contributed by atoms with Crippen LogP contribution in [0.4, 0.5) is 10.5 Å². The van der Waals surface area contributed by atoms with Gasteiger partial charge in [-0.3, -0.25) is 4.48 Å². The highest BCUT2D eigenvalue weighted by Crippen LogP contribution is 2.22. The van der Waals surface area contributed by atoms with E-state index in [2.05, 4.69) is 0 Å². The molecule has 5 nitrogen and oxygen atoms in total. The summed E-state index contributed by atoms with van der Waals surface area (Å²) in [7, 11) is 7.30. The molecule has 0 saturated heterocycles. The van der Waals surface area contributed by atoms with Crippen LogP contribution in [0.5, 0.6) is 5.75 Å². The summed E-state index contributed by atoms with van der Waals surface area (Å²) >= 11 is 0. The van der Waals surface area contributed by atoms with Crippen molar-refractivity contribution in [1.82, 2.24) is 9.38 Å². The first-order chi connectivity index (χ1) is 8.36. The standard InChI is InChI=1S/C13H21N2O3/c1-14(2)13(17)18-12-7-5-11(6-8-12)15(3,4)9-10-16/h5-8,16H,9-10H2,1-4H3/q+1. The zero-order valence-electron chi connectivity index (χ0n) is 11.4. The molecule has 0 unspecified atom stereocenters. The number of nitrogens with zero attached hydrogens (tertiary/aromatic N) is 2. The molecule has 1 amide bonds. The predicted octanol–water partition coefficient (Wildman–Crippen LogP) is 1.31. The third kappa shape index (κ3) is 3.72. The van der Waals surface area contributed by atoms with Crippen LogP contribution in [0.15, 0.2) is 24.3 Å². The summed E-state index contributed by atoms with van der Waals surface area (Å²) in [6.45, 7) is 0.765. The Labute approximate surface area is 108 Å². The Bertz CT molecular complexity index is 399. The van der Waals surface area contributed by atoms with Crippen LogP contribution in [-0.2, 0) is 0 Å². The number of likely N-dealkylation sites (N-methyl/N-ethyl adjacent to an activating group) is 1. The van der Waals surface area contributed by atoms with E-state index in [9.17, 15) is 4.79 Å². The Kier molecular flexibility index (Phi) is 4.69. The molecule has 0 heterocycles. The maximum atomic E-state index is 11.4. The molecule has 1 N–H and O–H groups in total. The smallest absolute Gasteiger partial charge is 0.410 e. The lowest BCUT2D eigenvalue weighted by atomic mass is 10.2. The second kappa shape index (κ2) is 5.84. The molecule has 100 valence electrons. The maximum Gasteiger partial charge on any atom is 0.414 e. The minimum Gasteiger partial charge on any atom is -0.410 e. The van der Waals surface area contributed by atoms with Crippen LogP contribution < -0.4 is 9.22 Å². The molecule has 0 bridgehead atoms. The molecule has 0 spiro atoms. The van der Waals surface area contributed by atoms with E-state index >= 15 is 0 Å². The summed E-state index contributed by atoms with van der Waals surface area (Å²) in [6, 6.07) is 7.31. The average Bonchev–Trinajstić information content (AvgIpc) is 2.29. The molecular formula is C13H21N2O3+. The Morgan fingerprint density at radius 3 is 2.28 bits per heavy atom. The molecule has 0 atom stereocenters. The van der Waals surface area contributed by atoms with Crippen LogP contribution in [0.2, 0.25) is 0 Å². The first kappa shape index (κ1) is 14.5. The molecule has 5 heteroatoms. The Balaban J connectivity index is 2.77. The Morgan fingerprint density at radius 1 is 1.28 bits per heavy atom. The van der Waals surface area contributed by atoms with Gasteiger partial charge in [0, 0.05) is 26.2 Å². The fourth-order valence-corrected chi connectivity index (χ4v) is 1.49. The molecule has 1 rings (SSSR count). The predicted molar refractivity (Wildman–Crippen MR) is 71.7 cm³/mol. The third-order valence-corrected chi connectivity index (χ3v) is 2.77. The lowest BCUT2D eigenvalue weighted by Crippen LogP contribution is -2.42. The summed E-state index contributed by atoms with van der Waals surface area (Å²) < 4.78 is 5.72. The van der Waals surface area contributed by atoms with E-state index in [1.807, 2.05) is 26.2 Å². The van der Waals surface area contributed by atoms with Gasteiger partial charge >= 0.3 is 6.09 Å². The van der Waals surface area contributed by atoms with E-state index in [0.717, 1.165) is 5.69 Å². The van der Waals surface area contributed by atoms with Gasteiger partial charge in [0.2, 0.25) is 0 Å². The molecular weight excluding hydrogens is 232 g/mol. The molecule has 0 fully saturated rings. The number of carbonyl (C=O) groups is 1. The van der Waals surface area contributed by atoms with Crippen molar-refractivity contribution in [1.29, 1.82) is 0 Å². The second-order valence-electron chi connectivity index (χ2n) is 4.89. The van der Waals surface area contributed by atoms with Crippen LogP contribution in [0.3, 0.4) is 0 Å². The average molecular weight is 253 g/mol. The SMILES string of the molecule is CN(C)C(=O)Oc1ccc([N+](C)(C)CCO)cc1. The van der Waals surface area contributed by atoms with Crippen LogP contribution in [0, 0.1) is 0 Å². The molecule has 0 aliphatic carbocycles. The first-order valence-electron chi connectivity index (χ1n) is 5.80. The van der Waals surface area contributed by atoms with Gasteiger partial charge in [-0.1, -0.05) is 0 Å². The van der Waals surface area contributed by atoms with Gasteiger partial charge in [0.1, 0.15) is 18.0 Å². The van der Waals surface area contributed by atoms with Crippen LogP contribution in [0.25, 0.3) is 0 Å². The van der Waals surface area contributed by atoms with E-state index in [-0.39, 0.29) is 6.61 Å². The number of hydrogen-bond donors (Lipinski definition) is 1. The lowest BCUT2D eigenvalue weighted by molar-refractivity contribution is 0.172. The van der Waals surface area contributed by atoms with Gasteiger partial charge in [-0.2, -0.15) is 0 Å². The van der Waals surface area contributed by atoms with Gasteiger partial charge < -0.3 is 14.7 Å². The number of benzene rings is 1. The topological polar surface area (TPSA) is 49.8 Å². The monoisotopic (exact) mass is 253 g/mol. The summed E-state index contributed by atoms with van der Waals surface area (Å²) in [5, 5.41) is 9.01. The molecule has 1 aromatic carbocycles. The number of aliphatic hydroxyl groups excluding tert-OH is 1. The van der Waals surface area contributed by atoms with E-state index in [4.69, 9.17) is 9.84 Å². The fraction of sp³-hybridized carbons (Fsp3) is 0.462. The summed E-state index contributed by atoms with van der Waals surface area (Å²) in [5.41, 5.74) is 1.05. The van der Waals surface area contributed by atoms with Gasteiger partial charge in [-0.05, 0) is 12.1 Å². The molecule has 0 aliphatic rings. The van der Waals surface area contributed by atoms with E-state index < -0.39 is 6.09 Å². The summed E-state index contributed by atoms with van der Waals surface area (Å²) in [5.74, 6) is 0.515. The Morgan fingerprint density at radius 2 is 1.83 bits per heavy atom. The van der Waals surface area contributed by atoms with Crippen molar-refractivity contribution in [3.8, 4) is 5.75 Å². The zero-order valence-corrected chi connectivity index (χ0v) is 11.4. The van der Waals surface area contributed by atoms with Gasteiger partial charge in [-0.25, -0.2) is 4.79 Å². The van der Waals surface area contributed by atoms with Crippen molar-refractivity contribution in [2.45, 2.75) is 0 Å². The van der Waals surface area contributed by atoms with Crippen LogP contribution in [0.1, 0.15) is 0 Å². The number of ether oxygens (including phenoxy) is 1. The van der Waals surface area contributed by atoms with Gasteiger partial charge in [-0.15, -0.1) is 0 Å². The van der Waals surface area contributed by atoms with Crippen molar-refractivity contribution in [3.63, 3.8) is 0 Å². The van der Waals surface area contributed by atoms with Crippen LogP contribution >= 0.6 is 0 Å². The quantitative estimate of drug-likeness (QED) is 0.823. The van der Waals surface area contributed by atoms with Crippen molar-refractivity contribution in [2.24, 2.45) is 0 Å². The van der Waals surface area contributed by atoms with Gasteiger partial charge in [0.25, 0.3) is 0 Å². The highest BCUT2D eigenvalue weighted by Gasteiger charge is 2.18. The fourth-order valence-electron chi connectivity index (χ4n) is 1.49. The number of rotatable bonds is 4. The first-order valence-corrected chi connectivity index (χ1v) is 5.80. The molecule has 0 aromatic heterocycles. The minimum atomic E-state index is -0.396. The molecule has 0 saturated carbocycles. The zero-order chi connectivity index (χ0) is 13.8. The molecule has 1 aromatic rings. The summed E-state index contributed by atoms with van der Waals surface area (Å²) in [6.07, 6.45) is -0.396. The minimum absolute atomic E-state index is 0.129. The van der Waals surface area contributed by atoms with Gasteiger partial charge in [0.15, 0.2) is 0 Å². The van der Waals surface area contributed by atoms with Gasteiger partial charge in [0.05, 0.1) is 20.7 Å². The maximum absolute atomic E-state index is 11.4. The van der Waals surface area contributed by atoms with Crippen molar-refractivity contribution in [3.05, 3.63) is 24.3 Å². The molecule has 18 heavy (non-hydrogen) atoms. The number of aliphatic hydroxyl groups is 1. The van der Waals surface area contributed by atoms with Crippen molar-refractivity contribution >= 4 is 11.8 Å². The largest absolute Gasteiger partial charge is 0.414 e. The van der Waals surface area contributed by atoms with Crippen LogP contribution in [-0.4, -0.2) is 57.4 Å². The highest BCUT2D eigenvalue weighted by atomic mass is 16.6. The summed E-state index contributed by atoms with van der Waals surface area (Å²) in [4.78, 5) is 12.7. The third-order valence-electron chi connectivity index (χ3n) is 2.77. The number of amides is 1. The lowest BCUT2D eigenvalue weighted by Gasteiger charge is -2.28. The van der Waals surface area contributed by atoms with E-state index in [1.54, 1.807) is 26.2 Å². The van der Waals surface area contributed by atoms with E-state index in [0.29, 0.717) is 16.8 Å². The number of hydrogen-bond acceptors (Lipinski definition) is 3. The second-order valence-corrected chi connectivity index (χ2v) is 4.89. The highest BCUT2D eigenvalue weighted by molar-refractivity contribution is 5.70. The Hall–Kier alpha value is -1.59. The molecule has 0 radical (unpaired) electrons.